The first-order valence-electron chi connectivity index (χ1n) is 10.6. The zero-order chi connectivity index (χ0) is 22.2. The first-order valence-corrected chi connectivity index (χ1v) is 10.6. The van der Waals surface area contributed by atoms with Crippen molar-refractivity contribution >= 4 is 11.8 Å². The number of benzene rings is 2. The van der Waals surface area contributed by atoms with E-state index in [1.165, 1.54) is 11.0 Å². The van der Waals surface area contributed by atoms with Gasteiger partial charge in [-0.15, -0.1) is 0 Å². The number of nitrogens with one attached hydrogen (secondary N) is 1. The van der Waals surface area contributed by atoms with E-state index in [9.17, 15) is 14.0 Å². The van der Waals surface area contributed by atoms with Gasteiger partial charge in [-0.2, -0.15) is 0 Å². The third-order valence-electron chi connectivity index (χ3n) is 5.59. The predicted molar refractivity (Wildman–Crippen MR) is 115 cm³/mol. The molecule has 1 atom stereocenters. The lowest BCUT2D eigenvalue weighted by Gasteiger charge is -2.29. The van der Waals surface area contributed by atoms with E-state index in [0.29, 0.717) is 17.1 Å². The first-order chi connectivity index (χ1) is 15.0. The number of rotatable bonds is 9. The SMILES string of the molecule is COc1ccc(OCC(=O)N(Cc2ccccc2F)C(C)C(=O)NC2CCCC2)cc1. The van der Waals surface area contributed by atoms with Gasteiger partial charge in [-0.3, -0.25) is 9.59 Å². The van der Waals surface area contributed by atoms with Gasteiger partial charge in [0.1, 0.15) is 23.4 Å². The smallest absolute Gasteiger partial charge is 0.261 e. The maximum atomic E-state index is 14.2. The summed E-state index contributed by atoms with van der Waals surface area (Å²) in [5, 5.41) is 3.02. The lowest BCUT2D eigenvalue weighted by atomic mass is 10.1. The highest BCUT2D eigenvalue weighted by molar-refractivity contribution is 5.88. The van der Waals surface area contributed by atoms with Crippen LogP contribution in [0.25, 0.3) is 0 Å². The van der Waals surface area contributed by atoms with Gasteiger partial charge in [0.15, 0.2) is 6.61 Å². The molecule has 0 heterocycles. The van der Waals surface area contributed by atoms with Gasteiger partial charge >= 0.3 is 0 Å². The van der Waals surface area contributed by atoms with E-state index in [1.807, 2.05) is 0 Å². The molecule has 2 amide bonds. The molecule has 0 spiro atoms. The van der Waals surface area contributed by atoms with Gasteiger partial charge in [-0.1, -0.05) is 31.0 Å². The summed E-state index contributed by atoms with van der Waals surface area (Å²) in [4.78, 5) is 27.2. The summed E-state index contributed by atoms with van der Waals surface area (Å²) in [6, 6.07) is 12.5. The number of amides is 2. The van der Waals surface area contributed by atoms with Crippen molar-refractivity contribution in [1.29, 1.82) is 0 Å². The van der Waals surface area contributed by atoms with Crippen molar-refractivity contribution in [3.05, 3.63) is 59.9 Å². The fraction of sp³-hybridized carbons (Fsp3) is 0.417. The van der Waals surface area contributed by atoms with Gasteiger partial charge in [0.25, 0.3) is 5.91 Å². The molecule has 2 aromatic carbocycles. The third-order valence-corrected chi connectivity index (χ3v) is 5.59. The third kappa shape index (κ3) is 6.20. The molecule has 31 heavy (non-hydrogen) atoms. The van der Waals surface area contributed by atoms with Crippen LogP contribution in [-0.4, -0.2) is 42.5 Å². The number of halogens is 1. The molecular weight excluding hydrogens is 399 g/mol. The van der Waals surface area contributed by atoms with Crippen molar-refractivity contribution in [3.63, 3.8) is 0 Å². The number of hydrogen-bond donors (Lipinski definition) is 1. The molecule has 2 aromatic rings. The van der Waals surface area contributed by atoms with Gasteiger partial charge in [0.05, 0.1) is 7.11 Å². The fourth-order valence-corrected chi connectivity index (χ4v) is 3.68. The second-order valence-electron chi connectivity index (χ2n) is 7.74. The van der Waals surface area contributed by atoms with Crippen LogP contribution in [0.3, 0.4) is 0 Å². The molecule has 0 saturated heterocycles. The number of carbonyl (C=O) groups is 2. The topological polar surface area (TPSA) is 67.9 Å². The van der Waals surface area contributed by atoms with Gasteiger partial charge in [0, 0.05) is 18.2 Å². The van der Waals surface area contributed by atoms with Crippen LogP contribution in [0, 0.1) is 5.82 Å². The summed E-state index contributed by atoms with van der Waals surface area (Å²) in [5.41, 5.74) is 0.348. The van der Waals surface area contributed by atoms with E-state index >= 15 is 0 Å². The van der Waals surface area contributed by atoms with E-state index in [-0.39, 0.29) is 25.1 Å². The minimum atomic E-state index is -0.757. The van der Waals surface area contributed by atoms with Crippen LogP contribution in [-0.2, 0) is 16.1 Å². The van der Waals surface area contributed by atoms with Crippen LogP contribution >= 0.6 is 0 Å². The summed E-state index contributed by atoms with van der Waals surface area (Å²) < 4.78 is 25.0. The van der Waals surface area contributed by atoms with Crippen molar-refractivity contribution < 1.29 is 23.5 Å². The largest absolute Gasteiger partial charge is 0.497 e. The van der Waals surface area contributed by atoms with Gasteiger partial charge < -0.3 is 19.7 Å². The molecule has 0 aromatic heterocycles. The summed E-state index contributed by atoms with van der Waals surface area (Å²) >= 11 is 0. The Morgan fingerprint density at radius 2 is 1.74 bits per heavy atom. The minimum absolute atomic E-state index is 0.0171. The van der Waals surface area contributed by atoms with Gasteiger partial charge in [0.2, 0.25) is 5.91 Å². The maximum Gasteiger partial charge on any atom is 0.261 e. The van der Waals surface area contributed by atoms with E-state index in [4.69, 9.17) is 9.47 Å². The molecule has 1 aliphatic carbocycles. The average Bonchev–Trinajstić information content (AvgIpc) is 3.30. The molecule has 1 unspecified atom stereocenters. The number of carbonyl (C=O) groups excluding carboxylic acids is 2. The Kier molecular flexibility index (Phi) is 7.87. The molecule has 7 heteroatoms. The van der Waals surface area contributed by atoms with Gasteiger partial charge in [-0.05, 0) is 50.1 Å². The van der Waals surface area contributed by atoms with Crippen LogP contribution < -0.4 is 14.8 Å². The number of methoxy groups -OCH3 is 1. The molecular formula is C24H29FN2O4. The van der Waals surface area contributed by atoms with Crippen molar-refractivity contribution in [3.8, 4) is 11.5 Å². The Balaban J connectivity index is 1.70. The van der Waals surface area contributed by atoms with E-state index in [0.717, 1.165) is 25.7 Å². The molecule has 166 valence electrons. The molecule has 1 N–H and O–H groups in total. The molecule has 1 saturated carbocycles. The first kappa shape index (κ1) is 22.6. The Hall–Kier alpha value is -3.09. The van der Waals surface area contributed by atoms with E-state index in [2.05, 4.69) is 5.32 Å². The molecule has 6 nitrogen and oxygen atoms in total. The molecule has 1 aliphatic rings. The van der Waals surface area contributed by atoms with Crippen LogP contribution in [0.5, 0.6) is 11.5 Å². The maximum absolute atomic E-state index is 14.2. The average molecular weight is 429 g/mol. The Morgan fingerprint density at radius 1 is 1.10 bits per heavy atom. The van der Waals surface area contributed by atoms with Crippen LogP contribution in [0.15, 0.2) is 48.5 Å². The molecule has 1 fully saturated rings. The van der Waals surface area contributed by atoms with Crippen molar-refractivity contribution in [2.45, 2.75) is 51.2 Å². The zero-order valence-electron chi connectivity index (χ0n) is 18.0. The highest BCUT2D eigenvalue weighted by Crippen LogP contribution is 2.20. The Morgan fingerprint density at radius 3 is 2.39 bits per heavy atom. The number of ether oxygens (including phenoxy) is 2. The molecule has 0 bridgehead atoms. The van der Waals surface area contributed by atoms with Crippen molar-refractivity contribution in [2.75, 3.05) is 13.7 Å². The minimum Gasteiger partial charge on any atom is -0.497 e. The Labute approximate surface area is 182 Å². The lowest BCUT2D eigenvalue weighted by molar-refractivity contribution is -0.142. The normalized spacial score (nSPS) is 14.7. The van der Waals surface area contributed by atoms with E-state index in [1.54, 1.807) is 56.5 Å². The zero-order valence-corrected chi connectivity index (χ0v) is 18.0. The monoisotopic (exact) mass is 428 g/mol. The number of hydrogen-bond acceptors (Lipinski definition) is 4. The Bertz CT molecular complexity index is 881. The molecule has 0 aliphatic heterocycles. The van der Waals surface area contributed by atoms with E-state index < -0.39 is 17.8 Å². The molecule has 0 radical (unpaired) electrons. The summed E-state index contributed by atoms with van der Waals surface area (Å²) in [5.74, 6) is 0.133. The van der Waals surface area contributed by atoms with Gasteiger partial charge in [-0.25, -0.2) is 4.39 Å². The van der Waals surface area contributed by atoms with Crippen molar-refractivity contribution in [2.24, 2.45) is 0 Å². The highest BCUT2D eigenvalue weighted by atomic mass is 19.1. The quantitative estimate of drug-likeness (QED) is 0.662. The summed E-state index contributed by atoms with van der Waals surface area (Å²) in [6.45, 7) is 1.38. The van der Waals surface area contributed by atoms with Crippen molar-refractivity contribution in [1.82, 2.24) is 10.2 Å². The highest BCUT2D eigenvalue weighted by Gasteiger charge is 2.29. The second-order valence-corrected chi connectivity index (χ2v) is 7.74. The summed E-state index contributed by atoms with van der Waals surface area (Å²) in [7, 11) is 1.57. The molecule has 3 rings (SSSR count). The fourth-order valence-electron chi connectivity index (χ4n) is 3.68. The predicted octanol–water partition coefficient (Wildman–Crippen LogP) is 3.69. The standard InChI is InChI=1S/C24H29FN2O4/c1-17(24(29)26-19-8-4-5-9-19)27(15-18-7-3-6-10-22(18)25)23(28)16-31-21-13-11-20(30-2)12-14-21/h3,6-7,10-14,17,19H,4-5,8-9,15-16H2,1-2H3,(H,26,29). The van der Waals surface area contributed by atoms with Crippen LogP contribution in [0.4, 0.5) is 4.39 Å². The number of nitrogens with zero attached hydrogens (tertiary/aromatic N) is 1. The second kappa shape index (κ2) is 10.8. The van der Waals surface area contributed by atoms with Crippen LogP contribution in [0.2, 0.25) is 0 Å². The van der Waals surface area contributed by atoms with Crippen LogP contribution in [0.1, 0.15) is 38.2 Å². The summed E-state index contributed by atoms with van der Waals surface area (Å²) in [6.07, 6.45) is 4.07. The lowest BCUT2D eigenvalue weighted by Crippen LogP contribution is -2.50.